The first-order valence-electron chi connectivity index (χ1n) is 4.62. The fraction of sp³-hybridized carbons (Fsp3) is 0.200. The Balaban J connectivity index is 2.07. The van der Waals surface area contributed by atoms with Crippen molar-refractivity contribution in [3.63, 3.8) is 0 Å². The molecule has 2 N–H and O–H groups in total. The molecule has 0 radical (unpaired) electrons. The number of hydrogen-bond donors (Lipinski definition) is 1. The van der Waals surface area contributed by atoms with Crippen molar-refractivity contribution >= 4 is 29.1 Å². The molecule has 6 heteroatoms. The summed E-state index contributed by atoms with van der Waals surface area (Å²) in [6, 6.07) is 5.38. The SMILES string of the molecule is Cc1nc(CSc2cc(N)ccc2Cl)no1. The van der Waals surface area contributed by atoms with Gasteiger partial charge in [0.25, 0.3) is 0 Å². The van der Waals surface area contributed by atoms with E-state index in [1.807, 2.05) is 6.07 Å². The molecule has 84 valence electrons. The van der Waals surface area contributed by atoms with Crippen molar-refractivity contribution in [1.82, 2.24) is 10.1 Å². The second-order valence-corrected chi connectivity index (χ2v) is 4.63. The van der Waals surface area contributed by atoms with Crippen molar-refractivity contribution < 1.29 is 4.52 Å². The molecule has 0 spiro atoms. The van der Waals surface area contributed by atoms with Gasteiger partial charge in [-0.15, -0.1) is 11.8 Å². The third-order valence-electron chi connectivity index (χ3n) is 1.88. The van der Waals surface area contributed by atoms with E-state index in [9.17, 15) is 0 Å². The lowest BCUT2D eigenvalue weighted by atomic mass is 10.3. The molecule has 0 bridgehead atoms. The van der Waals surface area contributed by atoms with Gasteiger partial charge in [-0.05, 0) is 18.2 Å². The zero-order valence-electron chi connectivity index (χ0n) is 8.61. The number of thioether (sulfide) groups is 1. The van der Waals surface area contributed by atoms with Gasteiger partial charge >= 0.3 is 0 Å². The van der Waals surface area contributed by atoms with Crippen molar-refractivity contribution in [2.45, 2.75) is 17.6 Å². The molecule has 1 heterocycles. The topological polar surface area (TPSA) is 64.9 Å². The van der Waals surface area contributed by atoms with Crippen molar-refractivity contribution in [1.29, 1.82) is 0 Å². The van der Waals surface area contributed by atoms with Crippen LogP contribution >= 0.6 is 23.4 Å². The molecule has 0 saturated carbocycles. The molecule has 16 heavy (non-hydrogen) atoms. The molecule has 1 aromatic carbocycles. The highest BCUT2D eigenvalue weighted by Crippen LogP contribution is 2.30. The van der Waals surface area contributed by atoms with Gasteiger partial charge in [-0.25, -0.2) is 0 Å². The van der Waals surface area contributed by atoms with E-state index < -0.39 is 0 Å². The van der Waals surface area contributed by atoms with E-state index >= 15 is 0 Å². The molecule has 4 nitrogen and oxygen atoms in total. The lowest BCUT2D eigenvalue weighted by molar-refractivity contribution is 0.389. The summed E-state index contributed by atoms with van der Waals surface area (Å²) in [6.45, 7) is 1.76. The van der Waals surface area contributed by atoms with Gasteiger partial charge < -0.3 is 10.3 Å². The Morgan fingerprint density at radius 3 is 3.00 bits per heavy atom. The van der Waals surface area contributed by atoms with E-state index in [0.717, 1.165) is 4.90 Å². The first-order valence-corrected chi connectivity index (χ1v) is 5.98. The van der Waals surface area contributed by atoms with Crippen molar-refractivity contribution in [2.24, 2.45) is 0 Å². The Bertz CT molecular complexity index is 501. The van der Waals surface area contributed by atoms with Gasteiger partial charge in [-0.2, -0.15) is 4.98 Å². The summed E-state index contributed by atoms with van der Waals surface area (Å²) in [7, 11) is 0. The summed E-state index contributed by atoms with van der Waals surface area (Å²) >= 11 is 7.56. The molecule has 2 aromatic rings. The molecular weight excluding hydrogens is 246 g/mol. The molecule has 1 aromatic heterocycles. The third-order valence-corrected chi connectivity index (χ3v) is 3.37. The Morgan fingerprint density at radius 2 is 2.31 bits per heavy atom. The van der Waals surface area contributed by atoms with Crippen LogP contribution in [0.1, 0.15) is 11.7 Å². The first kappa shape index (κ1) is 11.3. The fourth-order valence-corrected chi connectivity index (χ4v) is 2.28. The third kappa shape index (κ3) is 2.68. The number of nitrogens with zero attached hydrogens (tertiary/aromatic N) is 2. The quantitative estimate of drug-likeness (QED) is 0.675. The highest BCUT2D eigenvalue weighted by atomic mass is 35.5. The van der Waals surface area contributed by atoms with Crippen LogP contribution in [-0.4, -0.2) is 10.1 Å². The molecule has 0 aliphatic rings. The van der Waals surface area contributed by atoms with Gasteiger partial charge in [0, 0.05) is 17.5 Å². The molecule has 0 aliphatic carbocycles. The molecule has 0 saturated heterocycles. The van der Waals surface area contributed by atoms with Crippen LogP contribution in [0.5, 0.6) is 0 Å². The second-order valence-electron chi connectivity index (χ2n) is 3.21. The van der Waals surface area contributed by atoms with Crippen LogP contribution < -0.4 is 5.73 Å². The average Bonchev–Trinajstić information content (AvgIpc) is 2.66. The van der Waals surface area contributed by atoms with Crippen molar-refractivity contribution in [3.8, 4) is 0 Å². The van der Waals surface area contributed by atoms with E-state index in [1.54, 1.807) is 19.1 Å². The number of halogens is 1. The maximum atomic E-state index is 6.03. The van der Waals surface area contributed by atoms with Crippen LogP contribution in [0.25, 0.3) is 0 Å². The van der Waals surface area contributed by atoms with E-state index in [2.05, 4.69) is 10.1 Å². The summed E-state index contributed by atoms with van der Waals surface area (Å²) in [4.78, 5) is 5.03. The summed E-state index contributed by atoms with van der Waals surface area (Å²) in [5.41, 5.74) is 6.37. The maximum absolute atomic E-state index is 6.03. The second kappa shape index (κ2) is 4.76. The smallest absolute Gasteiger partial charge is 0.223 e. The summed E-state index contributed by atoms with van der Waals surface area (Å²) in [5, 5.41) is 4.48. The normalized spacial score (nSPS) is 10.6. The zero-order valence-corrected chi connectivity index (χ0v) is 10.2. The minimum absolute atomic E-state index is 0.564. The summed E-state index contributed by atoms with van der Waals surface area (Å²) < 4.78 is 4.87. The van der Waals surface area contributed by atoms with Gasteiger partial charge in [0.2, 0.25) is 5.89 Å². The number of benzene rings is 1. The predicted molar refractivity (Wildman–Crippen MR) is 64.5 cm³/mol. The Morgan fingerprint density at radius 1 is 1.50 bits per heavy atom. The van der Waals surface area contributed by atoms with Gasteiger partial charge in [0.1, 0.15) is 0 Å². The summed E-state index contributed by atoms with van der Waals surface area (Å²) in [6.07, 6.45) is 0. The summed E-state index contributed by atoms with van der Waals surface area (Å²) in [5.74, 6) is 1.83. The highest BCUT2D eigenvalue weighted by Gasteiger charge is 2.06. The zero-order chi connectivity index (χ0) is 11.5. The number of anilines is 1. The fourth-order valence-electron chi connectivity index (χ4n) is 1.17. The monoisotopic (exact) mass is 255 g/mol. The van der Waals surface area contributed by atoms with Gasteiger partial charge in [0.15, 0.2) is 5.82 Å². The van der Waals surface area contributed by atoms with Crippen LogP contribution in [-0.2, 0) is 5.75 Å². The Kier molecular flexibility index (Phi) is 3.36. The highest BCUT2D eigenvalue weighted by molar-refractivity contribution is 7.98. The van der Waals surface area contributed by atoms with E-state index in [4.69, 9.17) is 21.9 Å². The van der Waals surface area contributed by atoms with Gasteiger partial charge in [-0.1, -0.05) is 16.8 Å². The first-order chi connectivity index (χ1) is 7.65. The van der Waals surface area contributed by atoms with Crippen LogP contribution in [0.2, 0.25) is 5.02 Å². The number of rotatable bonds is 3. The van der Waals surface area contributed by atoms with Crippen LogP contribution in [0.4, 0.5) is 5.69 Å². The Hall–Kier alpha value is -1.20. The van der Waals surface area contributed by atoms with Gasteiger partial charge in [0.05, 0.1) is 10.8 Å². The Labute approximate surface area is 102 Å². The maximum Gasteiger partial charge on any atom is 0.223 e. The molecule has 2 rings (SSSR count). The number of aryl methyl sites for hydroxylation is 1. The van der Waals surface area contributed by atoms with Crippen LogP contribution in [0.3, 0.4) is 0 Å². The minimum Gasteiger partial charge on any atom is -0.399 e. The van der Waals surface area contributed by atoms with Crippen molar-refractivity contribution in [2.75, 3.05) is 5.73 Å². The lowest BCUT2D eigenvalue weighted by Gasteiger charge is -2.02. The molecular formula is C10H10ClN3OS. The molecule has 0 unspecified atom stereocenters. The van der Waals surface area contributed by atoms with E-state index in [-0.39, 0.29) is 0 Å². The number of nitrogens with two attached hydrogens (primary N) is 1. The average molecular weight is 256 g/mol. The van der Waals surface area contributed by atoms with Crippen LogP contribution in [0, 0.1) is 6.92 Å². The van der Waals surface area contributed by atoms with E-state index in [1.165, 1.54) is 11.8 Å². The number of nitrogen functional groups attached to an aromatic ring is 1. The van der Waals surface area contributed by atoms with Crippen molar-refractivity contribution in [3.05, 3.63) is 34.9 Å². The van der Waals surface area contributed by atoms with Crippen LogP contribution in [0.15, 0.2) is 27.6 Å². The standard InChI is InChI=1S/C10H10ClN3OS/c1-6-13-10(14-15-6)5-16-9-4-7(12)2-3-8(9)11/h2-4H,5,12H2,1H3. The minimum atomic E-state index is 0.564. The molecule has 0 amide bonds. The number of hydrogen-bond acceptors (Lipinski definition) is 5. The lowest BCUT2D eigenvalue weighted by Crippen LogP contribution is -1.87. The molecule has 0 atom stereocenters. The number of aromatic nitrogens is 2. The predicted octanol–water partition coefficient (Wildman–Crippen LogP) is 2.91. The molecule has 0 fully saturated rings. The largest absolute Gasteiger partial charge is 0.399 e. The van der Waals surface area contributed by atoms with Gasteiger partial charge in [-0.3, -0.25) is 0 Å². The van der Waals surface area contributed by atoms with E-state index in [0.29, 0.717) is 28.2 Å². The molecule has 0 aliphatic heterocycles.